The highest BCUT2D eigenvalue weighted by Gasteiger charge is 2.45. The van der Waals surface area contributed by atoms with Crippen molar-refractivity contribution in [3.05, 3.63) is 96.2 Å². The zero-order valence-electron chi connectivity index (χ0n) is 23.4. The summed E-state index contributed by atoms with van der Waals surface area (Å²) in [6.45, 7) is 2.31. The average molecular weight is 608 g/mol. The van der Waals surface area contributed by atoms with Gasteiger partial charge in [-0.25, -0.2) is 4.98 Å². The minimum absolute atomic E-state index is 0.143. The first-order chi connectivity index (χ1) is 20.9. The van der Waals surface area contributed by atoms with E-state index < -0.39 is 42.3 Å². The topological polar surface area (TPSA) is 146 Å². The molecule has 0 spiro atoms. The molecule has 1 fully saturated rings. The first-order valence-corrected chi connectivity index (χ1v) is 13.3. The number of aliphatic hydroxyl groups excluding tert-OH is 1. The maximum atomic E-state index is 13.7. The number of hydrogen-bond acceptors (Lipinski definition) is 7. The highest BCUT2D eigenvalue weighted by Crippen LogP contribution is 2.26. The molecule has 3 amide bonds. The van der Waals surface area contributed by atoms with Crippen molar-refractivity contribution in [1.82, 2.24) is 9.88 Å². The minimum Gasteiger partial charge on any atom is -0.383 e. The Morgan fingerprint density at radius 2 is 1.70 bits per heavy atom. The predicted molar refractivity (Wildman–Crippen MR) is 158 cm³/mol. The molecule has 2 atom stereocenters. The molecule has 2 heterocycles. The zero-order chi connectivity index (χ0) is 32.0. The lowest BCUT2D eigenvalue weighted by molar-refractivity contribution is -0.156. The highest BCUT2D eigenvalue weighted by molar-refractivity contribution is 6.08. The van der Waals surface area contributed by atoms with Crippen LogP contribution in [0, 0.1) is 6.92 Å². The molecule has 44 heavy (non-hydrogen) atoms. The van der Waals surface area contributed by atoms with E-state index in [4.69, 9.17) is 10.5 Å². The lowest BCUT2D eigenvalue weighted by Crippen LogP contribution is -2.64. The number of nitrogens with one attached hydrogen (secondary N) is 1. The van der Waals surface area contributed by atoms with Gasteiger partial charge in [0.05, 0.1) is 0 Å². The van der Waals surface area contributed by atoms with Gasteiger partial charge < -0.3 is 26.0 Å². The molecule has 1 aliphatic rings. The maximum Gasteiger partial charge on any atom is 0.446 e. The van der Waals surface area contributed by atoms with Gasteiger partial charge in [0.2, 0.25) is 6.29 Å². The van der Waals surface area contributed by atoms with Gasteiger partial charge in [0.1, 0.15) is 11.9 Å². The van der Waals surface area contributed by atoms with Crippen molar-refractivity contribution in [2.75, 3.05) is 29.0 Å². The van der Waals surface area contributed by atoms with Crippen LogP contribution in [-0.4, -0.2) is 70.4 Å². The number of nitrogens with zero attached hydrogens (tertiary/aromatic N) is 3. The fourth-order valence-corrected chi connectivity index (χ4v) is 4.65. The molecule has 4 aromatic rings. The van der Waals surface area contributed by atoms with Gasteiger partial charge in [-0.2, -0.15) is 13.2 Å². The first-order valence-electron chi connectivity index (χ1n) is 13.3. The number of nitrogen functional groups attached to an aromatic ring is 1. The second-order valence-corrected chi connectivity index (χ2v) is 9.86. The second kappa shape index (κ2) is 13.3. The van der Waals surface area contributed by atoms with Gasteiger partial charge in [-0.15, -0.1) is 0 Å². The quantitative estimate of drug-likeness (QED) is 0.293. The van der Waals surface area contributed by atoms with Crippen LogP contribution in [0.5, 0.6) is 0 Å². The summed E-state index contributed by atoms with van der Waals surface area (Å²) in [6, 6.07) is 21.3. The second-order valence-electron chi connectivity index (χ2n) is 9.86. The lowest BCUT2D eigenvalue weighted by atomic mass is 10.0. The number of halogens is 3. The SMILES string of the molecule is Cc1ccc(N2CCN(C(=O)c3ccccc3)C(C(O)C(=O)Nc3ccc4c(N)nccc4c3)C2=O)cc1.O=CC(F)(F)F. The van der Waals surface area contributed by atoms with Gasteiger partial charge in [0, 0.05) is 41.6 Å². The number of alkyl halides is 3. The van der Waals surface area contributed by atoms with Crippen molar-refractivity contribution < 1.29 is 37.5 Å². The molecule has 13 heteroatoms. The number of aromatic nitrogens is 1. The van der Waals surface area contributed by atoms with Crippen molar-refractivity contribution >= 4 is 52.0 Å². The molecular weight excluding hydrogens is 579 g/mol. The van der Waals surface area contributed by atoms with E-state index in [0.29, 0.717) is 22.8 Å². The van der Waals surface area contributed by atoms with Crippen LogP contribution >= 0.6 is 0 Å². The third-order valence-electron chi connectivity index (χ3n) is 6.81. The molecule has 1 saturated heterocycles. The van der Waals surface area contributed by atoms with Crippen LogP contribution in [0.1, 0.15) is 15.9 Å². The van der Waals surface area contributed by atoms with Crippen molar-refractivity contribution in [3.8, 4) is 0 Å². The lowest BCUT2D eigenvalue weighted by Gasteiger charge is -2.42. The van der Waals surface area contributed by atoms with E-state index in [-0.39, 0.29) is 13.1 Å². The predicted octanol–water partition coefficient (Wildman–Crippen LogP) is 3.73. The third kappa shape index (κ3) is 7.36. The molecule has 3 aromatic carbocycles. The molecular formula is C31H28F3N5O5. The van der Waals surface area contributed by atoms with E-state index in [0.717, 1.165) is 16.3 Å². The molecule has 2 unspecified atom stereocenters. The van der Waals surface area contributed by atoms with Gasteiger partial charge in [-0.1, -0.05) is 35.9 Å². The van der Waals surface area contributed by atoms with Crippen molar-refractivity contribution in [2.24, 2.45) is 0 Å². The molecule has 0 bridgehead atoms. The number of pyridine rings is 1. The molecule has 228 valence electrons. The fourth-order valence-electron chi connectivity index (χ4n) is 4.65. The van der Waals surface area contributed by atoms with E-state index in [1.54, 1.807) is 72.9 Å². The normalized spacial score (nSPS) is 15.7. The van der Waals surface area contributed by atoms with E-state index in [1.165, 1.54) is 9.80 Å². The summed E-state index contributed by atoms with van der Waals surface area (Å²) in [5.41, 5.74) is 8.34. The Balaban J connectivity index is 0.000000670. The van der Waals surface area contributed by atoms with Gasteiger partial charge >= 0.3 is 6.18 Å². The highest BCUT2D eigenvalue weighted by atomic mass is 19.4. The van der Waals surface area contributed by atoms with E-state index >= 15 is 0 Å². The minimum atomic E-state index is -4.64. The molecule has 0 radical (unpaired) electrons. The van der Waals surface area contributed by atoms with Crippen LogP contribution < -0.4 is 16.0 Å². The zero-order valence-corrected chi connectivity index (χ0v) is 23.4. The molecule has 10 nitrogen and oxygen atoms in total. The van der Waals surface area contributed by atoms with Crippen molar-refractivity contribution in [1.29, 1.82) is 0 Å². The van der Waals surface area contributed by atoms with Gasteiger partial charge in [-0.3, -0.25) is 19.2 Å². The number of aldehydes is 1. The molecule has 4 N–H and O–H groups in total. The first kappa shape index (κ1) is 31.6. The Kier molecular flexibility index (Phi) is 9.59. The number of rotatable bonds is 5. The number of aryl methyl sites for hydroxylation is 1. The number of amides is 3. The standard InChI is InChI=1S/C29H27N5O4.C2HF3O/c1-18-7-10-22(11-8-18)33-15-16-34(28(37)19-5-3-2-4-6-19)24(29(33)38)25(35)27(36)32-21-9-12-23-20(17-21)13-14-31-26(23)30;3-2(4,5)1-6/h2-14,17,24-25,35H,15-16H2,1H3,(H2,30,31)(H,32,36);1H. The van der Waals surface area contributed by atoms with Crippen LogP contribution in [0.2, 0.25) is 0 Å². The largest absolute Gasteiger partial charge is 0.446 e. The Morgan fingerprint density at radius 1 is 1.05 bits per heavy atom. The maximum absolute atomic E-state index is 13.7. The van der Waals surface area contributed by atoms with Gasteiger partial charge in [0.15, 0.2) is 6.10 Å². The van der Waals surface area contributed by atoms with Crippen molar-refractivity contribution in [2.45, 2.75) is 25.2 Å². The summed E-state index contributed by atoms with van der Waals surface area (Å²) in [5, 5.41) is 15.4. The summed E-state index contributed by atoms with van der Waals surface area (Å²) in [5.74, 6) is -1.42. The van der Waals surface area contributed by atoms with Crippen molar-refractivity contribution in [3.63, 3.8) is 0 Å². The Morgan fingerprint density at radius 3 is 2.34 bits per heavy atom. The summed E-state index contributed by atoms with van der Waals surface area (Å²) < 4.78 is 31.2. The van der Waals surface area contributed by atoms with E-state index in [9.17, 15) is 32.7 Å². The molecule has 1 aromatic heterocycles. The van der Waals surface area contributed by atoms with Crippen LogP contribution in [0.3, 0.4) is 0 Å². The average Bonchev–Trinajstić information content (AvgIpc) is 3.01. The molecule has 5 rings (SSSR count). The monoisotopic (exact) mass is 607 g/mol. The number of aliphatic hydroxyl groups is 1. The number of hydrogen-bond donors (Lipinski definition) is 3. The van der Waals surface area contributed by atoms with E-state index in [2.05, 4.69) is 10.3 Å². The number of anilines is 3. The summed E-state index contributed by atoms with van der Waals surface area (Å²) in [7, 11) is 0. The fraction of sp³-hybridized carbons (Fsp3) is 0.194. The Hall–Kier alpha value is -5.30. The van der Waals surface area contributed by atoms with Gasteiger partial charge in [0.25, 0.3) is 17.7 Å². The van der Waals surface area contributed by atoms with Crippen LogP contribution in [0.15, 0.2) is 85.1 Å². The van der Waals surface area contributed by atoms with Gasteiger partial charge in [-0.05, 0) is 60.8 Å². The summed E-state index contributed by atoms with van der Waals surface area (Å²) in [6.07, 6.45) is -5.96. The molecule has 0 saturated carbocycles. The number of piperazine rings is 1. The molecule has 0 aliphatic carbocycles. The van der Waals surface area contributed by atoms with E-state index in [1.807, 2.05) is 19.1 Å². The summed E-state index contributed by atoms with van der Waals surface area (Å²) in [4.78, 5) is 55.9. The summed E-state index contributed by atoms with van der Waals surface area (Å²) >= 11 is 0. The van der Waals surface area contributed by atoms with Crippen LogP contribution in [0.25, 0.3) is 10.8 Å². The smallest absolute Gasteiger partial charge is 0.383 e. The Bertz CT molecular complexity index is 1670. The number of carbonyl (C=O) groups is 4. The number of benzene rings is 3. The third-order valence-corrected chi connectivity index (χ3v) is 6.81. The number of carbonyl (C=O) groups excluding carboxylic acids is 4. The van der Waals surface area contributed by atoms with Crippen LogP contribution in [-0.2, 0) is 14.4 Å². The van der Waals surface area contributed by atoms with Crippen LogP contribution in [0.4, 0.5) is 30.4 Å². The number of fused-ring (bicyclic) bond motifs is 1. The number of nitrogens with two attached hydrogens (primary N) is 1. The Labute approximate surface area is 249 Å². The molecule has 1 aliphatic heterocycles.